The quantitative estimate of drug-likeness (QED) is 0.802. The molecule has 0 aromatic carbocycles. The first-order chi connectivity index (χ1) is 7.38. The average molecular weight is 228 g/mol. The molecule has 1 aliphatic heterocycles. The van der Waals surface area contributed by atoms with Gasteiger partial charge in [-0.25, -0.2) is 0 Å². The van der Waals surface area contributed by atoms with E-state index in [1.807, 2.05) is 6.26 Å². The molecule has 5 nitrogen and oxygen atoms in total. The summed E-state index contributed by atoms with van der Waals surface area (Å²) in [5, 5.41) is 7.24. The van der Waals surface area contributed by atoms with Crippen LogP contribution in [0.3, 0.4) is 0 Å². The number of nitrogens with zero attached hydrogens (tertiary/aromatic N) is 3. The molecule has 15 heavy (non-hydrogen) atoms. The molecule has 1 fully saturated rings. The van der Waals surface area contributed by atoms with Gasteiger partial charge in [0.25, 0.3) is 0 Å². The summed E-state index contributed by atoms with van der Waals surface area (Å²) < 4.78 is 5.18. The average Bonchev–Trinajstić information content (AvgIpc) is 2.68. The number of hydrogen-bond donors (Lipinski definition) is 1. The zero-order chi connectivity index (χ0) is 10.5. The SMILES string of the molecule is CSCc1noc(CN2CCNCC2)n1. The first kappa shape index (κ1) is 10.9. The van der Waals surface area contributed by atoms with Gasteiger partial charge in [-0.2, -0.15) is 16.7 Å². The standard InChI is InChI=1S/C9H16N4OS/c1-15-7-8-11-9(14-12-8)6-13-4-2-10-3-5-13/h10H,2-7H2,1H3. The van der Waals surface area contributed by atoms with Gasteiger partial charge in [0, 0.05) is 26.2 Å². The minimum atomic E-state index is 0.737. The van der Waals surface area contributed by atoms with E-state index >= 15 is 0 Å². The molecule has 1 saturated heterocycles. The van der Waals surface area contributed by atoms with E-state index in [4.69, 9.17) is 4.52 Å². The van der Waals surface area contributed by atoms with Gasteiger partial charge < -0.3 is 9.84 Å². The lowest BCUT2D eigenvalue weighted by molar-refractivity contribution is 0.203. The summed E-state index contributed by atoms with van der Waals surface area (Å²) in [6, 6.07) is 0. The number of aromatic nitrogens is 2. The van der Waals surface area contributed by atoms with Crippen LogP contribution in [0.2, 0.25) is 0 Å². The molecular formula is C9H16N4OS. The first-order valence-electron chi connectivity index (χ1n) is 5.12. The third-order valence-electron chi connectivity index (χ3n) is 2.35. The van der Waals surface area contributed by atoms with Gasteiger partial charge in [-0.3, -0.25) is 4.90 Å². The summed E-state index contributed by atoms with van der Waals surface area (Å²) in [6.45, 7) is 4.99. The van der Waals surface area contributed by atoms with Gasteiger partial charge >= 0.3 is 0 Å². The van der Waals surface area contributed by atoms with Crippen molar-refractivity contribution in [3.63, 3.8) is 0 Å². The van der Waals surface area contributed by atoms with Gasteiger partial charge in [0.15, 0.2) is 5.82 Å². The van der Waals surface area contributed by atoms with Gasteiger partial charge in [0.1, 0.15) is 0 Å². The molecule has 1 aromatic heterocycles. The Balaban J connectivity index is 1.86. The van der Waals surface area contributed by atoms with E-state index in [0.717, 1.165) is 50.2 Å². The third kappa shape index (κ3) is 3.19. The van der Waals surface area contributed by atoms with Crippen molar-refractivity contribution < 1.29 is 4.52 Å². The molecule has 1 aromatic rings. The van der Waals surface area contributed by atoms with Crippen molar-refractivity contribution in [2.75, 3.05) is 32.4 Å². The van der Waals surface area contributed by atoms with E-state index in [1.165, 1.54) is 0 Å². The molecular weight excluding hydrogens is 212 g/mol. The van der Waals surface area contributed by atoms with Crippen molar-refractivity contribution in [2.45, 2.75) is 12.3 Å². The lowest BCUT2D eigenvalue weighted by Crippen LogP contribution is -2.42. The molecule has 0 spiro atoms. The van der Waals surface area contributed by atoms with Crippen molar-refractivity contribution in [1.82, 2.24) is 20.4 Å². The highest BCUT2D eigenvalue weighted by atomic mass is 32.2. The predicted octanol–water partition coefficient (Wildman–Crippen LogP) is 0.338. The van der Waals surface area contributed by atoms with E-state index in [1.54, 1.807) is 11.8 Å². The topological polar surface area (TPSA) is 54.2 Å². The molecule has 6 heteroatoms. The van der Waals surface area contributed by atoms with Crippen LogP contribution in [-0.2, 0) is 12.3 Å². The summed E-state index contributed by atoms with van der Waals surface area (Å²) in [7, 11) is 0. The van der Waals surface area contributed by atoms with Gasteiger partial charge in [0.05, 0.1) is 12.3 Å². The molecule has 1 aliphatic rings. The Morgan fingerprint density at radius 3 is 3.00 bits per heavy atom. The number of nitrogens with one attached hydrogen (secondary N) is 1. The fraction of sp³-hybridized carbons (Fsp3) is 0.778. The predicted molar refractivity (Wildman–Crippen MR) is 59.7 cm³/mol. The summed E-state index contributed by atoms with van der Waals surface area (Å²) in [5.74, 6) is 2.36. The normalized spacial score (nSPS) is 18.2. The Bertz CT molecular complexity index is 298. The van der Waals surface area contributed by atoms with Gasteiger partial charge in [-0.05, 0) is 6.26 Å². The molecule has 2 heterocycles. The van der Waals surface area contributed by atoms with Crippen molar-refractivity contribution in [2.24, 2.45) is 0 Å². The maximum Gasteiger partial charge on any atom is 0.240 e. The highest BCUT2D eigenvalue weighted by Gasteiger charge is 2.13. The largest absolute Gasteiger partial charge is 0.338 e. The van der Waals surface area contributed by atoms with Crippen LogP contribution in [0.5, 0.6) is 0 Å². The molecule has 0 radical (unpaired) electrons. The van der Waals surface area contributed by atoms with Gasteiger partial charge in [0.2, 0.25) is 5.89 Å². The Morgan fingerprint density at radius 2 is 2.27 bits per heavy atom. The van der Waals surface area contributed by atoms with E-state index in [2.05, 4.69) is 20.4 Å². The van der Waals surface area contributed by atoms with Crippen LogP contribution in [0.15, 0.2) is 4.52 Å². The van der Waals surface area contributed by atoms with E-state index < -0.39 is 0 Å². The summed E-state index contributed by atoms with van der Waals surface area (Å²) in [4.78, 5) is 6.66. The molecule has 0 aliphatic carbocycles. The maximum atomic E-state index is 5.18. The number of thioether (sulfide) groups is 1. The number of rotatable bonds is 4. The minimum absolute atomic E-state index is 0.737. The summed E-state index contributed by atoms with van der Waals surface area (Å²) in [5.41, 5.74) is 0. The third-order valence-corrected chi connectivity index (χ3v) is 2.90. The van der Waals surface area contributed by atoms with Gasteiger partial charge in [-0.1, -0.05) is 5.16 Å². The van der Waals surface area contributed by atoms with E-state index in [-0.39, 0.29) is 0 Å². The highest BCUT2D eigenvalue weighted by Crippen LogP contribution is 2.07. The van der Waals surface area contributed by atoms with Crippen molar-refractivity contribution in [3.8, 4) is 0 Å². The van der Waals surface area contributed by atoms with Gasteiger partial charge in [-0.15, -0.1) is 0 Å². The Morgan fingerprint density at radius 1 is 1.47 bits per heavy atom. The fourth-order valence-electron chi connectivity index (χ4n) is 1.60. The summed E-state index contributed by atoms with van der Waals surface area (Å²) in [6.07, 6.45) is 2.03. The minimum Gasteiger partial charge on any atom is -0.338 e. The molecule has 84 valence electrons. The molecule has 0 bridgehead atoms. The lowest BCUT2D eigenvalue weighted by Gasteiger charge is -2.25. The second-order valence-electron chi connectivity index (χ2n) is 3.56. The highest BCUT2D eigenvalue weighted by molar-refractivity contribution is 7.97. The van der Waals surface area contributed by atoms with Crippen molar-refractivity contribution >= 4 is 11.8 Å². The van der Waals surface area contributed by atoms with Crippen LogP contribution in [0.4, 0.5) is 0 Å². The molecule has 2 rings (SSSR count). The fourth-order valence-corrected chi connectivity index (χ4v) is 1.98. The molecule has 0 atom stereocenters. The maximum absolute atomic E-state index is 5.18. The van der Waals surface area contributed by atoms with Crippen LogP contribution in [0.25, 0.3) is 0 Å². The van der Waals surface area contributed by atoms with Crippen LogP contribution >= 0.6 is 11.8 Å². The second-order valence-corrected chi connectivity index (χ2v) is 4.43. The zero-order valence-corrected chi connectivity index (χ0v) is 9.72. The van der Waals surface area contributed by atoms with Crippen LogP contribution in [0, 0.1) is 0 Å². The van der Waals surface area contributed by atoms with E-state index in [0.29, 0.717) is 0 Å². The number of piperazine rings is 1. The Hall–Kier alpha value is -0.590. The monoisotopic (exact) mass is 228 g/mol. The van der Waals surface area contributed by atoms with Crippen molar-refractivity contribution in [1.29, 1.82) is 0 Å². The second kappa shape index (κ2) is 5.48. The molecule has 1 N–H and O–H groups in total. The zero-order valence-electron chi connectivity index (χ0n) is 8.90. The van der Waals surface area contributed by atoms with E-state index in [9.17, 15) is 0 Å². The molecule has 0 amide bonds. The number of hydrogen-bond acceptors (Lipinski definition) is 6. The Kier molecular flexibility index (Phi) is 3.99. The van der Waals surface area contributed by atoms with Crippen LogP contribution in [-0.4, -0.2) is 47.5 Å². The van der Waals surface area contributed by atoms with Crippen LogP contribution < -0.4 is 5.32 Å². The smallest absolute Gasteiger partial charge is 0.240 e. The molecule has 0 unspecified atom stereocenters. The summed E-state index contributed by atoms with van der Waals surface area (Å²) >= 11 is 1.71. The lowest BCUT2D eigenvalue weighted by atomic mass is 10.3. The van der Waals surface area contributed by atoms with Crippen LogP contribution in [0.1, 0.15) is 11.7 Å². The molecule has 0 saturated carbocycles. The van der Waals surface area contributed by atoms with Crippen molar-refractivity contribution in [3.05, 3.63) is 11.7 Å². The Labute approximate surface area is 93.6 Å². The first-order valence-corrected chi connectivity index (χ1v) is 6.51.